The third kappa shape index (κ3) is 3.83. The molecule has 7 heteroatoms. The summed E-state index contributed by atoms with van der Waals surface area (Å²) in [5.74, 6) is 0.785. The summed E-state index contributed by atoms with van der Waals surface area (Å²) in [4.78, 5) is 21.4. The Morgan fingerprint density at radius 2 is 1.80 bits per heavy atom. The number of nitrogens with zero attached hydrogens (tertiary/aromatic N) is 4. The molecule has 0 saturated heterocycles. The molecule has 0 radical (unpaired) electrons. The number of furan rings is 1. The van der Waals surface area contributed by atoms with Crippen LogP contribution in [0.25, 0.3) is 16.9 Å². The molecule has 4 aromatic rings. The standard InChI is InChI=1S/C23H25N5O2/c1-14-9-17-16(13-30-18(17)10-15(14)2)11-21(29)26-20-12-19(23(3,4)5)27-28(20)22-24-7-6-8-25-22/h6-10,12-13H,11H2,1-5H3,(H,26,29). The lowest BCUT2D eigenvalue weighted by atomic mass is 9.92. The zero-order valence-electron chi connectivity index (χ0n) is 17.9. The highest BCUT2D eigenvalue weighted by atomic mass is 16.3. The van der Waals surface area contributed by atoms with Crippen LogP contribution in [0.4, 0.5) is 5.82 Å². The molecule has 1 N–H and O–H groups in total. The highest BCUT2D eigenvalue weighted by Crippen LogP contribution is 2.27. The largest absolute Gasteiger partial charge is 0.464 e. The number of aryl methyl sites for hydroxylation is 2. The number of carbonyl (C=O) groups is 1. The summed E-state index contributed by atoms with van der Waals surface area (Å²) in [5.41, 5.74) is 4.62. The first kappa shape index (κ1) is 19.8. The van der Waals surface area contributed by atoms with Crippen LogP contribution in [0.2, 0.25) is 0 Å². The molecule has 0 atom stereocenters. The van der Waals surface area contributed by atoms with Crippen LogP contribution in [-0.4, -0.2) is 25.7 Å². The molecule has 0 spiro atoms. The second-order valence-corrected chi connectivity index (χ2v) is 8.54. The summed E-state index contributed by atoms with van der Waals surface area (Å²) in [6, 6.07) is 7.68. The number of amides is 1. The Bertz CT molecular complexity index is 1220. The van der Waals surface area contributed by atoms with Crippen molar-refractivity contribution in [1.82, 2.24) is 19.7 Å². The summed E-state index contributed by atoms with van der Waals surface area (Å²) in [7, 11) is 0. The number of hydrogen-bond acceptors (Lipinski definition) is 5. The zero-order valence-corrected chi connectivity index (χ0v) is 17.9. The van der Waals surface area contributed by atoms with Crippen LogP contribution in [0.3, 0.4) is 0 Å². The smallest absolute Gasteiger partial charge is 0.252 e. The normalized spacial score (nSPS) is 11.8. The number of fused-ring (bicyclic) bond motifs is 1. The van der Waals surface area contributed by atoms with Crippen molar-refractivity contribution >= 4 is 22.7 Å². The summed E-state index contributed by atoms with van der Waals surface area (Å²) < 4.78 is 7.23. The highest BCUT2D eigenvalue weighted by Gasteiger charge is 2.22. The van der Waals surface area contributed by atoms with E-state index in [1.165, 1.54) is 5.56 Å². The first-order valence-corrected chi connectivity index (χ1v) is 9.87. The van der Waals surface area contributed by atoms with Crippen molar-refractivity contribution in [2.75, 3.05) is 5.32 Å². The van der Waals surface area contributed by atoms with Gasteiger partial charge in [-0.2, -0.15) is 9.78 Å². The lowest BCUT2D eigenvalue weighted by molar-refractivity contribution is -0.115. The van der Waals surface area contributed by atoms with Crippen LogP contribution in [0.15, 0.2) is 47.3 Å². The van der Waals surface area contributed by atoms with E-state index in [2.05, 4.69) is 54.1 Å². The van der Waals surface area contributed by atoms with Crippen molar-refractivity contribution in [1.29, 1.82) is 0 Å². The predicted octanol–water partition coefficient (Wildman–Crippen LogP) is 4.50. The Labute approximate surface area is 175 Å². The van der Waals surface area contributed by atoms with Gasteiger partial charge >= 0.3 is 0 Å². The minimum absolute atomic E-state index is 0.159. The van der Waals surface area contributed by atoms with Crippen molar-refractivity contribution in [3.8, 4) is 5.95 Å². The van der Waals surface area contributed by atoms with Gasteiger partial charge in [-0.25, -0.2) is 9.97 Å². The first-order chi connectivity index (χ1) is 14.2. The molecule has 0 saturated carbocycles. The number of carbonyl (C=O) groups excluding carboxylic acids is 1. The molecule has 0 bridgehead atoms. The fourth-order valence-electron chi connectivity index (χ4n) is 3.22. The quantitative estimate of drug-likeness (QED) is 0.542. The highest BCUT2D eigenvalue weighted by molar-refractivity contribution is 5.95. The van der Waals surface area contributed by atoms with E-state index >= 15 is 0 Å². The maximum absolute atomic E-state index is 12.9. The Balaban J connectivity index is 1.63. The van der Waals surface area contributed by atoms with Crippen LogP contribution in [0.1, 0.15) is 43.2 Å². The fourth-order valence-corrected chi connectivity index (χ4v) is 3.22. The number of hydrogen-bond donors (Lipinski definition) is 1. The minimum Gasteiger partial charge on any atom is -0.464 e. The molecule has 4 rings (SSSR count). The fraction of sp³-hybridized carbons (Fsp3) is 0.304. The monoisotopic (exact) mass is 403 g/mol. The van der Waals surface area contributed by atoms with Gasteiger partial charge in [-0.15, -0.1) is 0 Å². The maximum Gasteiger partial charge on any atom is 0.252 e. The topological polar surface area (TPSA) is 85.8 Å². The van der Waals surface area contributed by atoms with Crippen molar-refractivity contribution in [2.45, 2.75) is 46.5 Å². The van der Waals surface area contributed by atoms with Gasteiger partial charge in [0.15, 0.2) is 0 Å². The van der Waals surface area contributed by atoms with E-state index in [0.29, 0.717) is 11.8 Å². The molecule has 3 aromatic heterocycles. The number of aromatic nitrogens is 4. The molecule has 154 valence electrons. The lowest BCUT2D eigenvalue weighted by Crippen LogP contribution is -2.17. The van der Waals surface area contributed by atoms with E-state index in [-0.39, 0.29) is 17.7 Å². The predicted molar refractivity (Wildman–Crippen MR) is 116 cm³/mol. The first-order valence-electron chi connectivity index (χ1n) is 9.87. The molecule has 0 unspecified atom stereocenters. The van der Waals surface area contributed by atoms with Crippen molar-refractivity contribution in [3.05, 3.63) is 65.3 Å². The Morgan fingerprint density at radius 1 is 1.10 bits per heavy atom. The van der Waals surface area contributed by atoms with E-state index in [4.69, 9.17) is 4.42 Å². The lowest BCUT2D eigenvalue weighted by Gasteiger charge is -2.13. The molecule has 3 heterocycles. The van der Waals surface area contributed by atoms with E-state index in [0.717, 1.165) is 27.8 Å². The van der Waals surface area contributed by atoms with Gasteiger partial charge in [0.2, 0.25) is 5.91 Å². The van der Waals surface area contributed by atoms with Gasteiger partial charge in [-0.05, 0) is 43.2 Å². The Hall–Kier alpha value is -3.48. The van der Waals surface area contributed by atoms with Crippen molar-refractivity contribution < 1.29 is 9.21 Å². The van der Waals surface area contributed by atoms with Crippen LogP contribution >= 0.6 is 0 Å². The summed E-state index contributed by atoms with van der Waals surface area (Å²) in [6.07, 6.45) is 5.14. The van der Waals surface area contributed by atoms with Gasteiger partial charge in [-0.1, -0.05) is 20.8 Å². The molecule has 0 aliphatic carbocycles. The third-order valence-corrected chi connectivity index (χ3v) is 5.11. The van der Waals surface area contributed by atoms with Crippen molar-refractivity contribution in [3.63, 3.8) is 0 Å². The molecular weight excluding hydrogens is 378 g/mol. The molecule has 1 aromatic carbocycles. The molecule has 7 nitrogen and oxygen atoms in total. The average molecular weight is 403 g/mol. The SMILES string of the molecule is Cc1cc2occ(CC(=O)Nc3cc(C(C)(C)C)nn3-c3ncccn3)c2cc1C. The number of anilines is 1. The van der Waals surface area contributed by atoms with Gasteiger partial charge in [0.05, 0.1) is 18.4 Å². The molecule has 0 aliphatic heterocycles. The van der Waals surface area contributed by atoms with Crippen molar-refractivity contribution in [2.24, 2.45) is 0 Å². The van der Waals surface area contributed by atoms with Crippen LogP contribution in [0, 0.1) is 13.8 Å². The molecule has 0 fully saturated rings. The van der Waals surface area contributed by atoms with Crippen LogP contribution in [-0.2, 0) is 16.6 Å². The van der Waals surface area contributed by atoms with E-state index in [1.54, 1.807) is 29.4 Å². The van der Waals surface area contributed by atoms with E-state index in [1.807, 2.05) is 19.1 Å². The summed E-state index contributed by atoms with van der Waals surface area (Å²) in [6.45, 7) is 10.3. The molecule has 30 heavy (non-hydrogen) atoms. The van der Waals surface area contributed by atoms with Gasteiger partial charge in [0.25, 0.3) is 5.95 Å². The summed E-state index contributed by atoms with van der Waals surface area (Å²) in [5, 5.41) is 8.56. The minimum atomic E-state index is -0.185. The average Bonchev–Trinajstić information content (AvgIpc) is 3.27. The van der Waals surface area contributed by atoms with E-state index < -0.39 is 0 Å². The molecular formula is C23H25N5O2. The maximum atomic E-state index is 12.9. The second kappa shape index (κ2) is 7.40. The number of rotatable bonds is 4. The van der Waals surface area contributed by atoms with Gasteiger partial charge < -0.3 is 9.73 Å². The molecule has 1 amide bonds. The Kier molecular flexibility index (Phi) is 4.89. The second-order valence-electron chi connectivity index (χ2n) is 8.54. The van der Waals surface area contributed by atoms with E-state index in [9.17, 15) is 4.79 Å². The third-order valence-electron chi connectivity index (χ3n) is 5.11. The van der Waals surface area contributed by atoms with Gasteiger partial charge in [0, 0.05) is 34.8 Å². The van der Waals surface area contributed by atoms with Crippen LogP contribution in [0.5, 0.6) is 0 Å². The summed E-state index contributed by atoms with van der Waals surface area (Å²) >= 11 is 0. The van der Waals surface area contributed by atoms with Gasteiger partial charge in [-0.3, -0.25) is 4.79 Å². The number of nitrogens with one attached hydrogen (secondary N) is 1. The zero-order chi connectivity index (χ0) is 21.5. The Morgan fingerprint density at radius 3 is 2.50 bits per heavy atom. The molecule has 0 aliphatic rings. The number of benzene rings is 1. The van der Waals surface area contributed by atoms with Gasteiger partial charge in [0.1, 0.15) is 11.4 Å². The van der Waals surface area contributed by atoms with Crippen LogP contribution < -0.4 is 5.32 Å².